The lowest BCUT2D eigenvalue weighted by atomic mass is 9.90. The van der Waals surface area contributed by atoms with Crippen molar-refractivity contribution in [2.75, 3.05) is 19.6 Å². The van der Waals surface area contributed by atoms with Crippen LogP contribution in [0.2, 0.25) is 0 Å². The molecule has 1 heterocycles. The molecule has 1 aliphatic carbocycles. The molecule has 1 aromatic rings. The van der Waals surface area contributed by atoms with Gasteiger partial charge in [0.2, 0.25) is 0 Å². The second kappa shape index (κ2) is 10.3. The van der Waals surface area contributed by atoms with Gasteiger partial charge in [0.25, 0.3) is 0 Å². The van der Waals surface area contributed by atoms with E-state index in [1.807, 2.05) is 6.92 Å². The highest BCUT2D eigenvalue weighted by Gasteiger charge is 2.23. The van der Waals surface area contributed by atoms with Crippen LogP contribution < -0.4 is 0 Å². The summed E-state index contributed by atoms with van der Waals surface area (Å²) >= 11 is 0. The van der Waals surface area contributed by atoms with Gasteiger partial charge in [0, 0.05) is 24.3 Å². The number of carbonyl (C=O) groups excluding carboxylic acids is 2. The minimum Gasteiger partial charge on any atom is -0.303 e. The number of benzene rings is 1. The topological polar surface area (TPSA) is 37.4 Å². The molecule has 4 heteroatoms. The number of hydrogen-bond acceptors (Lipinski definition) is 3. The summed E-state index contributed by atoms with van der Waals surface area (Å²) in [6.45, 7) is 4.97. The zero-order valence-corrected chi connectivity index (χ0v) is 17.2. The molecule has 0 aromatic heterocycles. The van der Waals surface area contributed by atoms with E-state index in [1.54, 1.807) is 6.07 Å². The third kappa shape index (κ3) is 6.23. The number of halogens is 1. The van der Waals surface area contributed by atoms with Crippen LogP contribution in [0, 0.1) is 24.6 Å². The molecule has 0 spiro atoms. The summed E-state index contributed by atoms with van der Waals surface area (Å²) in [6.07, 6.45) is 10.0. The Morgan fingerprint density at radius 2 is 1.75 bits per heavy atom. The van der Waals surface area contributed by atoms with Crippen LogP contribution >= 0.6 is 0 Å². The Hall–Kier alpha value is -1.55. The Balaban J connectivity index is 1.31. The van der Waals surface area contributed by atoms with Gasteiger partial charge in [-0.1, -0.05) is 12.8 Å². The summed E-state index contributed by atoms with van der Waals surface area (Å²) in [5.74, 6) is 1.14. The standard InChI is InChI=1S/C24H34FNO2/c1-18-15-21(17-22(25)16-18)24(28)9-8-19-10-13-26(14-11-19)12-4-7-23(27)20-5-2-3-6-20/h15-17,19-20H,2-14H2,1H3. The molecule has 0 bridgehead atoms. The first-order valence-corrected chi connectivity index (χ1v) is 11.1. The normalized spacial score (nSPS) is 19.2. The summed E-state index contributed by atoms with van der Waals surface area (Å²) in [7, 11) is 0. The largest absolute Gasteiger partial charge is 0.303 e. The van der Waals surface area contributed by atoms with Gasteiger partial charge in [0.15, 0.2) is 5.78 Å². The molecule has 0 amide bonds. The van der Waals surface area contributed by atoms with E-state index in [-0.39, 0.29) is 11.6 Å². The molecule has 3 rings (SSSR count). The van der Waals surface area contributed by atoms with Gasteiger partial charge < -0.3 is 4.90 Å². The van der Waals surface area contributed by atoms with Crippen molar-refractivity contribution < 1.29 is 14.0 Å². The van der Waals surface area contributed by atoms with Gasteiger partial charge in [-0.05, 0) is 94.8 Å². The SMILES string of the molecule is Cc1cc(F)cc(C(=O)CCC2CCN(CCCC(=O)C3CCCC3)CC2)c1. The minimum absolute atomic E-state index is 0.0513. The third-order valence-corrected chi connectivity index (χ3v) is 6.56. The lowest BCUT2D eigenvalue weighted by Crippen LogP contribution is -2.34. The van der Waals surface area contributed by atoms with Gasteiger partial charge in [-0.2, -0.15) is 0 Å². The first-order chi connectivity index (χ1) is 13.5. The first-order valence-electron chi connectivity index (χ1n) is 11.1. The second-order valence-electron chi connectivity index (χ2n) is 8.82. The molecule has 2 aliphatic rings. The van der Waals surface area contributed by atoms with Gasteiger partial charge >= 0.3 is 0 Å². The Morgan fingerprint density at radius 3 is 2.43 bits per heavy atom. The van der Waals surface area contributed by atoms with Crippen LogP contribution in [0.3, 0.4) is 0 Å². The Kier molecular flexibility index (Phi) is 7.78. The Labute approximate surface area is 168 Å². The van der Waals surface area contributed by atoms with Crippen molar-refractivity contribution in [3.05, 3.63) is 35.1 Å². The number of ketones is 2. The number of carbonyl (C=O) groups is 2. The Morgan fingerprint density at radius 1 is 1.04 bits per heavy atom. The fourth-order valence-electron chi connectivity index (χ4n) is 4.80. The smallest absolute Gasteiger partial charge is 0.162 e. The summed E-state index contributed by atoms with van der Waals surface area (Å²) in [5, 5.41) is 0. The fourth-order valence-corrected chi connectivity index (χ4v) is 4.80. The van der Waals surface area contributed by atoms with Gasteiger partial charge in [-0.15, -0.1) is 0 Å². The molecule has 2 fully saturated rings. The molecule has 28 heavy (non-hydrogen) atoms. The molecular formula is C24H34FNO2. The molecule has 1 aliphatic heterocycles. The van der Waals surface area contributed by atoms with Crippen LogP contribution in [0.4, 0.5) is 4.39 Å². The quantitative estimate of drug-likeness (QED) is 0.536. The summed E-state index contributed by atoms with van der Waals surface area (Å²) < 4.78 is 13.5. The number of Topliss-reactive ketones (excluding diaryl/α,β-unsaturated/α-hetero) is 2. The molecular weight excluding hydrogens is 353 g/mol. The Bertz CT molecular complexity index is 653. The molecule has 0 unspecified atom stereocenters. The highest BCUT2D eigenvalue weighted by molar-refractivity contribution is 5.96. The van der Waals surface area contributed by atoms with Crippen LogP contribution in [0.15, 0.2) is 18.2 Å². The minimum atomic E-state index is -0.330. The van der Waals surface area contributed by atoms with E-state index in [2.05, 4.69) is 4.90 Å². The number of aryl methyl sites for hydroxylation is 1. The number of hydrogen-bond donors (Lipinski definition) is 0. The van der Waals surface area contributed by atoms with Crippen molar-refractivity contribution in [2.24, 2.45) is 11.8 Å². The zero-order valence-electron chi connectivity index (χ0n) is 17.2. The highest BCUT2D eigenvalue weighted by Crippen LogP contribution is 2.27. The van der Waals surface area contributed by atoms with Crippen molar-refractivity contribution in [3.63, 3.8) is 0 Å². The maximum atomic E-state index is 13.5. The van der Waals surface area contributed by atoms with Gasteiger partial charge in [-0.3, -0.25) is 9.59 Å². The molecule has 154 valence electrons. The van der Waals surface area contributed by atoms with Gasteiger partial charge in [-0.25, -0.2) is 4.39 Å². The van der Waals surface area contributed by atoms with E-state index in [0.717, 1.165) is 70.1 Å². The van der Waals surface area contributed by atoms with E-state index in [0.29, 0.717) is 29.6 Å². The average Bonchev–Trinajstić information content (AvgIpc) is 3.21. The summed E-state index contributed by atoms with van der Waals surface area (Å²) in [5.41, 5.74) is 1.30. The fraction of sp³-hybridized carbons (Fsp3) is 0.667. The van der Waals surface area contributed by atoms with Crippen molar-refractivity contribution in [3.8, 4) is 0 Å². The van der Waals surface area contributed by atoms with Crippen LogP contribution in [0.25, 0.3) is 0 Å². The third-order valence-electron chi connectivity index (χ3n) is 6.56. The predicted octanol–water partition coefficient (Wildman–Crippen LogP) is 5.35. The monoisotopic (exact) mass is 387 g/mol. The first kappa shape index (κ1) is 21.2. The van der Waals surface area contributed by atoms with E-state index >= 15 is 0 Å². The van der Waals surface area contributed by atoms with E-state index in [1.165, 1.54) is 25.0 Å². The van der Waals surface area contributed by atoms with Crippen LogP contribution in [-0.2, 0) is 4.79 Å². The molecule has 3 nitrogen and oxygen atoms in total. The second-order valence-corrected chi connectivity index (χ2v) is 8.82. The van der Waals surface area contributed by atoms with Crippen molar-refractivity contribution in [1.29, 1.82) is 0 Å². The van der Waals surface area contributed by atoms with Crippen LogP contribution in [0.1, 0.15) is 80.1 Å². The van der Waals surface area contributed by atoms with Gasteiger partial charge in [0.05, 0.1) is 0 Å². The van der Waals surface area contributed by atoms with Crippen LogP contribution in [-0.4, -0.2) is 36.1 Å². The molecule has 0 N–H and O–H groups in total. The molecule has 0 atom stereocenters. The van der Waals surface area contributed by atoms with Crippen LogP contribution in [0.5, 0.6) is 0 Å². The summed E-state index contributed by atoms with van der Waals surface area (Å²) in [4.78, 5) is 27.0. The lowest BCUT2D eigenvalue weighted by molar-refractivity contribution is -0.122. The summed E-state index contributed by atoms with van der Waals surface area (Å²) in [6, 6.07) is 4.58. The lowest BCUT2D eigenvalue weighted by Gasteiger charge is -2.32. The molecule has 1 aromatic carbocycles. The van der Waals surface area contributed by atoms with Gasteiger partial charge in [0.1, 0.15) is 11.6 Å². The van der Waals surface area contributed by atoms with Crippen molar-refractivity contribution in [2.45, 2.75) is 71.1 Å². The zero-order chi connectivity index (χ0) is 19.9. The number of rotatable bonds is 9. The van der Waals surface area contributed by atoms with Crippen molar-refractivity contribution >= 4 is 11.6 Å². The maximum absolute atomic E-state index is 13.5. The maximum Gasteiger partial charge on any atom is 0.162 e. The molecule has 1 saturated carbocycles. The van der Waals surface area contributed by atoms with E-state index in [4.69, 9.17) is 0 Å². The van der Waals surface area contributed by atoms with E-state index < -0.39 is 0 Å². The number of nitrogens with zero attached hydrogens (tertiary/aromatic N) is 1. The highest BCUT2D eigenvalue weighted by atomic mass is 19.1. The average molecular weight is 388 g/mol. The number of piperidine rings is 1. The molecule has 1 saturated heterocycles. The predicted molar refractivity (Wildman–Crippen MR) is 110 cm³/mol. The number of likely N-dealkylation sites (tertiary alicyclic amines) is 1. The van der Waals surface area contributed by atoms with E-state index in [9.17, 15) is 14.0 Å². The molecule has 0 radical (unpaired) electrons. The van der Waals surface area contributed by atoms with Crippen molar-refractivity contribution in [1.82, 2.24) is 4.90 Å².